The first-order valence-electron chi connectivity index (χ1n) is 37.9. The van der Waals surface area contributed by atoms with Crippen molar-refractivity contribution in [3.8, 4) is 0 Å². The zero-order valence-electron chi connectivity index (χ0n) is 62.3. The third-order valence-electron chi connectivity index (χ3n) is 19.6. The van der Waals surface area contributed by atoms with Gasteiger partial charge in [-0.25, -0.2) is 0 Å². The van der Waals surface area contributed by atoms with Gasteiger partial charge in [0.2, 0.25) is 23.6 Å². The molecule has 0 unspecified atom stereocenters. The van der Waals surface area contributed by atoms with Crippen LogP contribution < -0.4 is 21.3 Å². The van der Waals surface area contributed by atoms with Gasteiger partial charge in [-0.05, 0) is 71.6 Å². The zero-order chi connectivity index (χ0) is 80.4. The van der Waals surface area contributed by atoms with E-state index < -0.39 is 235 Å². The van der Waals surface area contributed by atoms with Crippen molar-refractivity contribution in [2.75, 3.05) is 85.5 Å². The number of ether oxygens (including phenoxy) is 10. The number of Topliss-reactive ketones (excluding diaryl/α,β-unsaturated/α-hetero) is 4. The van der Waals surface area contributed by atoms with Gasteiger partial charge in [-0.3, -0.25) is 43.3 Å². The molecule has 0 radical (unpaired) electrons. The second kappa shape index (κ2) is 50.0. The Bertz CT molecular complexity index is 2710. The summed E-state index contributed by atoms with van der Waals surface area (Å²) < 4.78 is 55.6. The molecule has 26 atom stereocenters. The standard InChI is InChI=1S/C70H121N5O34/c1-4-40(78)16-8-5-11-23-71-48(83)32-75(31-43(81)30-39(21-22-47(82)73-26-29-102-67-60(95)56(91)51(86)38(3)105-67)65(99)74-25-13-7-10-18-42(80)19-14-27-100-66-59(94)55(90)50(85)37(2)104-66)33-49(84)72-24-12-6-9-17-41(79)20-15-28-101-69-63(98)64(109-70-62(97)58(93)53(88)45(35-77)107-70)54(89)46(108-69)36-103-68-61(96)57(92)52(87)44(34-76)106-68/h37-39,44-46,50-64,66-70,76-77,85-98H,4-36H2,1-3H3,(H,71,83)(H,72,84)(H,73,82)(H,74,99)/t37-,38-,39+,44+,45+,46+,50+,51+,52+,53+,54+,55+,56+,57-,58-,59-,60-,61-,62-,63-,64-,66+,67+,68-,69-,70+/m0/s1. The number of aliphatic hydroxyl groups is 16. The number of ketones is 4. The van der Waals surface area contributed by atoms with Crippen LogP contribution in [0.25, 0.3) is 0 Å². The first-order chi connectivity index (χ1) is 51.9. The average molecular weight is 1580 g/mol. The monoisotopic (exact) mass is 1580 g/mol. The van der Waals surface area contributed by atoms with Gasteiger partial charge in [0.05, 0.1) is 71.5 Å². The molecule has 0 spiro atoms. The number of carbonyl (C=O) groups is 8. The van der Waals surface area contributed by atoms with Crippen molar-refractivity contribution in [3.05, 3.63) is 0 Å². The van der Waals surface area contributed by atoms with E-state index in [1.165, 1.54) is 18.7 Å². The van der Waals surface area contributed by atoms with Gasteiger partial charge < -0.3 is 150 Å². The number of nitrogens with one attached hydrogen (secondary N) is 4. The van der Waals surface area contributed by atoms with Crippen LogP contribution >= 0.6 is 0 Å². The maximum absolute atomic E-state index is 14.1. The molecule has 630 valence electrons. The predicted molar refractivity (Wildman–Crippen MR) is 372 cm³/mol. The quantitative estimate of drug-likeness (QED) is 0.0252. The maximum Gasteiger partial charge on any atom is 0.234 e. The number of nitrogens with zero attached hydrogens (tertiary/aromatic N) is 1. The first kappa shape index (κ1) is 95.1. The van der Waals surface area contributed by atoms with Crippen molar-refractivity contribution in [2.24, 2.45) is 5.92 Å². The summed E-state index contributed by atoms with van der Waals surface area (Å²) in [5.74, 6) is -3.90. The third-order valence-corrected chi connectivity index (χ3v) is 19.6. The molecular formula is C70H121N5O34. The van der Waals surface area contributed by atoms with E-state index in [9.17, 15) is 120 Å². The predicted octanol–water partition coefficient (Wildman–Crippen LogP) is -7.38. The summed E-state index contributed by atoms with van der Waals surface area (Å²) in [7, 11) is 0. The second-order valence-corrected chi connectivity index (χ2v) is 28.4. The Morgan fingerprint density at radius 3 is 1.26 bits per heavy atom. The molecule has 39 heteroatoms. The highest BCUT2D eigenvalue weighted by atomic mass is 16.8. The molecule has 5 rings (SSSR count). The van der Waals surface area contributed by atoms with E-state index in [-0.39, 0.29) is 108 Å². The molecule has 0 saturated carbocycles. The summed E-state index contributed by atoms with van der Waals surface area (Å²) in [4.78, 5) is 107. The minimum Gasteiger partial charge on any atom is -0.394 e. The normalized spacial score (nSPS) is 33.1. The van der Waals surface area contributed by atoms with Crippen LogP contribution in [-0.4, -0.2) is 372 Å². The molecule has 5 aliphatic rings. The average Bonchev–Trinajstić information content (AvgIpc) is 0.786. The maximum atomic E-state index is 14.1. The van der Waals surface area contributed by atoms with Crippen LogP contribution in [0.4, 0.5) is 0 Å². The summed E-state index contributed by atoms with van der Waals surface area (Å²) in [5, 5.41) is 176. The van der Waals surface area contributed by atoms with E-state index in [0.29, 0.717) is 77.0 Å². The van der Waals surface area contributed by atoms with Crippen molar-refractivity contribution in [2.45, 2.75) is 303 Å². The number of aliphatic hydroxyl groups excluding tert-OH is 16. The molecule has 0 bridgehead atoms. The summed E-state index contributed by atoms with van der Waals surface area (Å²) in [6.45, 7) is 1.25. The Hall–Kier alpha value is -4.52. The summed E-state index contributed by atoms with van der Waals surface area (Å²) in [6, 6.07) is 0. The Balaban J connectivity index is 1.11. The largest absolute Gasteiger partial charge is 0.394 e. The lowest BCUT2D eigenvalue weighted by molar-refractivity contribution is -0.366. The van der Waals surface area contributed by atoms with E-state index >= 15 is 0 Å². The third kappa shape index (κ3) is 31.7. The van der Waals surface area contributed by atoms with Crippen LogP contribution in [0.2, 0.25) is 0 Å². The van der Waals surface area contributed by atoms with Crippen molar-refractivity contribution < 1.29 is 167 Å². The fourth-order valence-electron chi connectivity index (χ4n) is 12.8. The van der Waals surface area contributed by atoms with E-state index in [1.807, 2.05) is 0 Å². The van der Waals surface area contributed by atoms with E-state index in [1.54, 1.807) is 6.92 Å². The fourth-order valence-corrected chi connectivity index (χ4v) is 12.8. The number of amides is 4. The van der Waals surface area contributed by atoms with Crippen LogP contribution in [0.1, 0.15) is 149 Å². The van der Waals surface area contributed by atoms with E-state index in [4.69, 9.17) is 47.4 Å². The molecule has 20 N–H and O–H groups in total. The smallest absolute Gasteiger partial charge is 0.234 e. The molecule has 0 aliphatic carbocycles. The van der Waals surface area contributed by atoms with Gasteiger partial charge in [-0.15, -0.1) is 0 Å². The molecule has 0 aromatic carbocycles. The van der Waals surface area contributed by atoms with Crippen LogP contribution in [-0.2, 0) is 85.7 Å². The van der Waals surface area contributed by atoms with Gasteiger partial charge in [0.1, 0.15) is 133 Å². The van der Waals surface area contributed by atoms with Gasteiger partial charge in [0.25, 0.3) is 0 Å². The SMILES string of the molecule is CCC(=O)CCCCCNC(=O)CN(CC(=O)C[C@@H](CCC(=O)NCCO[C@@H]1O[C@@H](C)[C@@H](O)[C@@H](O)[C@@H]1O)C(=O)NCCCCCC(=O)CCCO[C@@H]1O[C@@H](C)[C@@H](O)[C@@H](O)[C@@H]1O)CC(=O)NCCCCCC(=O)CCCO[C@H]1O[C@H](CO[C@H]2O[C@H](CO)[C@@H](O)[C@H](O)[C@@H]2O)[C@@H](O)[C@H](O[C@H]2O[C@H](CO)[C@@H](O)[C@H](O)[C@@H]2O)[C@@H]1O. The Kier molecular flexibility index (Phi) is 43.6. The molecule has 4 amide bonds. The van der Waals surface area contributed by atoms with E-state index in [0.717, 1.165) is 0 Å². The molecular weight excluding hydrogens is 1450 g/mol. The highest BCUT2D eigenvalue weighted by Gasteiger charge is 2.53. The molecule has 109 heavy (non-hydrogen) atoms. The molecule has 5 heterocycles. The topological polar surface area (TPSA) is 604 Å². The second-order valence-electron chi connectivity index (χ2n) is 28.4. The molecule has 39 nitrogen and oxygen atoms in total. The minimum atomic E-state index is -1.96. The Labute approximate surface area is 632 Å². The van der Waals surface area contributed by atoms with Gasteiger partial charge >= 0.3 is 0 Å². The fraction of sp³-hybridized carbons (Fsp3) is 0.886. The molecule has 5 fully saturated rings. The van der Waals surface area contributed by atoms with Crippen LogP contribution in [0.3, 0.4) is 0 Å². The van der Waals surface area contributed by atoms with Gasteiger partial charge in [0.15, 0.2) is 31.5 Å². The number of rotatable bonds is 52. The summed E-state index contributed by atoms with van der Waals surface area (Å²) in [5.41, 5.74) is 0. The van der Waals surface area contributed by atoms with Crippen LogP contribution in [0.15, 0.2) is 0 Å². The molecule has 5 aliphatic heterocycles. The lowest BCUT2D eigenvalue weighted by atomic mass is 9.95. The number of hydrogen-bond donors (Lipinski definition) is 20. The lowest BCUT2D eigenvalue weighted by Crippen LogP contribution is -2.65. The highest BCUT2D eigenvalue weighted by Crippen LogP contribution is 2.32. The zero-order valence-corrected chi connectivity index (χ0v) is 62.3. The Morgan fingerprint density at radius 1 is 0.367 bits per heavy atom. The van der Waals surface area contributed by atoms with Crippen molar-refractivity contribution in [1.29, 1.82) is 0 Å². The number of carbonyl (C=O) groups excluding carboxylic acids is 8. The molecule has 5 saturated heterocycles. The van der Waals surface area contributed by atoms with Crippen LogP contribution in [0.5, 0.6) is 0 Å². The Morgan fingerprint density at radius 2 is 0.771 bits per heavy atom. The molecule has 0 aromatic heterocycles. The van der Waals surface area contributed by atoms with Crippen molar-refractivity contribution in [1.82, 2.24) is 26.2 Å². The number of hydrogen-bond acceptors (Lipinski definition) is 35. The first-order valence-corrected chi connectivity index (χ1v) is 37.9. The van der Waals surface area contributed by atoms with Gasteiger partial charge in [0, 0.05) is 83.5 Å². The van der Waals surface area contributed by atoms with Gasteiger partial charge in [-0.2, -0.15) is 0 Å². The van der Waals surface area contributed by atoms with Crippen molar-refractivity contribution >= 4 is 46.8 Å². The lowest BCUT2D eigenvalue weighted by Gasteiger charge is -2.46. The minimum absolute atomic E-state index is 0.0145. The van der Waals surface area contributed by atoms with Crippen molar-refractivity contribution in [3.63, 3.8) is 0 Å². The van der Waals surface area contributed by atoms with Crippen LogP contribution in [0, 0.1) is 5.92 Å². The number of unbranched alkanes of at least 4 members (excludes halogenated alkanes) is 6. The van der Waals surface area contributed by atoms with Gasteiger partial charge in [-0.1, -0.05) is 26.2 Å². The summed E-state index contributed by atoms with van der Waals surface area (Å²) >= 11 is 0. The highest BCUT2D eigenvalue weighted by molar-refractivity contribution is 5.89. The van der Waals surface area contributed by atoms with E-state index in [2.05, 4.69) is 21.3 Å². The molecule has 0 aromatic rings. The summed E-state index contributed by atoms with van der Waals surface area (Å²) in [6.07, 6.45) is -33.4.